The Balaban J connectivity index is 1.24. The predicted molar refractivity (Wildman–Crippen MR) is 143 cm³/mol. The van der Waals surface area contributed by atoms with Crippen LogP contribution in [0.25, 0.3) is 33.5 Å². The number of amides is 1. The molecule has 0 radical (unpaired) electrons. The van der Waals surface area contributed by atoms with E-state index in [2.05, 4.69) is 61.3 Å². The number of hydrogen-bond donors (Lipinski definition) is 0. The van der Waals surface area contributed by atoms with Crippen LogP contribution in [0.1, 0.15) is 42.5 Å². The number of carbonyl (C=O) groups excluding carboxylic acids is 1. The lowest BCUT2D eigenvalue weighted by Gasteiger charge is -2.56. The van der Waals surface area contributed by atoms with Crippen LogP contribution < -0.4 is 4.74 Å². The quantitative estimate of drug-likeness (QED) is 0.309. The van der Waals surface area contributed by atoms with Gasteiger partial charge in [0, 0.05) is 52.5 Å². The molecule has 4 saturated carbocycles. The van der Waals surface area contributed by atoms with E-state index in [1.807, 2.05) is 12.1 Å². The molecule has 36 heavy (non-hydrogen) atoms. The van der Waals surface area contributed by atoms with E-state index in [4.69, 9.17) is 9.72 Å². The third-order valence-electron chi connectivity index (χ3n) is 9.41. The van der Waals surface area contributed by atoms with Crippen molar-refractivity contribution >= 4 is 43.8 Å². The minimum absolute atomic E-state index is 0.123. The molecule has 4 aliphatic carbocycles. The zero-order chi connectivity index (χ0) is 24.3. The van der Waals surface area contributed by atoms with Gasteiger partial charge in [0.25, 0.3) is 5.91 Å². The first-order valence-electron chi connectivity index (χ1n) is 13.1. The second kappa shape index (κ2) is 7.15. The zero-order valence-corrected chi connectivity index (χ0v) is 22.2. The molecule has 184 valence electrons. The van der Waals surface area contributed by atoms with Gasteiger partial charge < -0.3 is 18.8 Å². The van der Waals surface area contributed by atoms with E-state index in [9.17, 15) is 4.79 Å². The van der Waals surface area contributed by atoms with Crippen LogP contribution in [0.15, 0.2) is 40.9 Å². The van der Waals surface area contributed by atoms with Crippen molar-refractivity contribution in [3.63, 3.8) is 0 Å². The van der Waals surface area contributed by atoms with Gasteiger partial charge in [0.1, 0.15) is 11.3 Å². The third-order valence-corrected chi connectivity index (χ3v) is 9.90. The molecule has 9 rings (SSSR count). The number of fused-ring (bicyclic) bond motifs is 2. The average molecular weight is 545 g/mol. The van der Waals surface area contributed by atoms with Gasteiger partial charge in [-0.25, -0.2) is 4.98 Å². The number of aryl methyl sites for hydroxylation is 1. The summed E-state index contributed by atoms with van der Waals surface area (Å²) in [6.45, 7) is 1.92. The highest BCUT2D eigenvalue weighted by atomic mass is 79.9. The Morgan fingerprint density at radius 2 is 2.03 bits per heavy atom. The summed E-state index contributed by atoms with van der Waals surface area (Å²) in [5.74, 6) is 3.30. The molecule has 5 aliphatic rings. The van der Waals surface area contributed by atoms with E-state index >= 15 is 0 Å². The van der Waals surface area contributed by atoms with Crippen LogP contribution in [0.3, 0.4) is 0 Å². The van der Waals surface area contributed by atoms with Crippen LogP contribution in [0.4, 0.5) is 0 Å². The lowest BCUT2D eigenvalue weighted by Crippen LogP contribution is -2.64. The van der Waals surface area contributed by atoms with Crippen molar-refractivity contribution < 1.29 is 9.53 Å². The first kappa shape index (κ1) is 21.3. The van der Waals surface area contributed by atoms with Gasteiger partial charge in [0.05, 0.1) is 18.3 Å². The second-order valence-corrected chi connectivity index (χ2v) is 12.6. The Morgan fingerprint density at radius 3 is 2.78 bits per heavy atom. The number of aromatic nitrogens is 3. The van der Waals surface area contributed by atoms with Gasteiger partial charge in [0.15, 0.2) is 5.82 Å². The summed E-state index contributed by atoms with van der Waals surface area (Å²) in [5.41, 5.74) is 5.21. The van der Waals surface area contributed by atoms with Crippen LogP contribution in [0.2, 0.25) is 0 Å². The smallest absolute Gasteiger partial charge is 0.254 e. The number of carbonyl (C=O) groups is 1. The van der Waals surface area contributed by atoms with Crippen molar-refractivity contribution in [2.24, 2.45) is 24.3 Å². The van der Waals surface area contributed by atoms with E-state index in [1.54, 1.807) is 7.11 Å². The number of nitrogens with zero attached hydrogens (tertiary/aromatic N) is 4. The largest absolute Gasteiger partial charge is 0.494 e. The molecule has 7 heteroatoms. The molecule has 0 N–H and O–H groups in total. The number of likely N-dealkylation sites (tertiary alicyclic amines) is 1. The highest BCUT2D eigenvalue weighted by Crippen LogP contribution is 2.66. The fourth-order valence-electron chi connectivity index (χ4n) is 7.50. The van der Waals surface area contributed by atoms with Crippen LogP contribution in [0, 0.1) is 17.3 Å². The molecule has 2 aromatic carbocycles. The molecule has 1 spiro atoms. The highest BCUT2D eigenvalue weighted by Gasteiger charge is 2.66. The van der Waals surface area contributed by atoms with Crippen molar-refractivity contribution in [1.29, 1.82) is 0 Å². The summed E-state index contributed by atoms with van der Waals surface area (Å²) in [6, 6.07) is 13.0. The number of halogens is 1. The SMILES string of the molecule is COc1cc(C(=O)N2CC34CC(CC23)C4)cc2nc(-c3cc4cc(Br)ccc4n3CC3CC3)n(C)c12. The summed E-state index contributed by atoms with van der Waals surface area (Å²) >= 11 is 3.63. The fourth-order valence-corrected chi connectivity index (χ4v) is 7.88. The molecule has 2 aromatic heterocycles. The van der Waals surface area contributed by atoms with Crippen LogP contribution in [-0.4, -0.2) is 44.6 Å². The topological polar surface area (TPSA) is 52.3 Å². The van der Waals surface area contributed by atoms with Gasteiger partial charge >= 0.3 is 0 Å². The molecular formula is C29H29BrN4O2. The maximum atomic E-state index is 13.6. The Bertz CT molecular complexity index is 1590. The highest BCUT2D eigenvalue weighted by molar-refractivity contribution is 9.10. The first-order valence-corrected chi connectivity index (χ1v) is 13.9. The number of rotatable bonds is 5. The fraction of sp³-hybridized carbons (Fsp3) is 0.448. The van der Waals surface area contributed by atoms with Gasteiger partial charge in [-0.2, -0.15) is 0 Å². The summed E-state index contributed by atoms with van der Waals surface area (Å²) in [4.78, 5) is 20.8. The lowest BCUT2D eigenvalue weighted by molar-refractivity contribution is -0.0552. The predicted octanol–water partition coefficient (Wildman–Crippen LogP) is 6.00. The summed E-state index contributed by atoms with van der Waals surface area (Å²) in [7, 11) is 3.73. The molecule has 1 atom stereocenters. The van der Waals surface area contributed by atoms with Crippen LogP contribution in [0.5, 0.6) is 5.75 Å². The number of benzene rings is 2. The molecule has 1 amide bonds. The molecule has 1 aliphatic heterocycles. The summed E-state index contributed by atoms with van der Waals surface area (Å²) in [6.07, 6.45) is 6.40. The van der Waals surface area contributed by atoms with E-state index in [1.165, 1.54) is 43.0 Å². The van der Waals surface area contributed by atoms with Crippen molar-refractivity contribution in [1.82, 2.24) is 19.0 Å². The molecular weight excluding hydrogens is 516 g/mol. The summed E-state index contributed by atoms with van der Waals surface area (Å²) in [5, 5.41) is 1.21. The zero-order valence-electron chi connectivity index (χ0n) is 20.6. The van der Waals surface area contributed by atoms with Gasteiger partial charge in [-0.1, -0.05) is 15.9 Å². The maximum absolute atomic E-state index is 13.6. The standard InChI is InChI=1S/C29H29BrN4O2/c1-32-26-21(9-19(11-24(26)36-2)28(35)34-15-29-12-17(13-29)7-25(29)34)31-27(32)23-10-18-8-20(30)5-6-22(18)33(23)14-16-3-4-16/h5-6,8-11,16-17,25H,3-4,7,12-15H2,1-2H3. The van der Waals surface area contributed by atoms with Crippen LogP contribution >= 0.6 is 15.9 Å². The van der Waals surface area contributed by atoms with Gasteiger partial charge in [-0.15, -0.1) is 0 Å². The van der Waals surface area contributed by atoms with Crippen LogP contribution in [-0.2, 0) is 13.6 Å². The average Bonchev–Trinajstić information content (AvgIpc) is 3.31. The van der Waals surface area contributed by atoms with E-state index in [0.29, 0.717) is 22.8 Å². The van der Waals surface area contributed by atoms with E-state index < -0.39 is 0 Å². The molecule has 5 fully saturated rings. The molecule has 3 heterocycles. The lowest BCUT2D eigenvalue weighted by atomic mass is 9.63. The number of hydrogen-bond acceptors (Lipinski definition) is 3. The van der Waals surface area contributed by atoms with Crippen molar-refractivity contribution in [3.8, 4) is 17.3 Å². The van der Waals surface area contributed by atoms with Gasteiger partial charge in [-0.05, 0) is 80.3 Å². The Hall–Kier alpha value is -2.80. The molecule has 4 aromatic rings. The number of methoxy groups -OCH3 is 1. The molecule has 2 bridgehead atoms. The van der Waals surface area contributed by atoms with E-state index in [0.717, 1.165) is 51.9 Å². The van der Waals surface area contributed by atoms with E-state index in [-0.39, 0.29) is 5.91 Å². The Labute approximate surface area is 218 Å². The van der Waals surface area contributed by atoms with Crippen molar-refractivity contribution in [3.05, 3.63) is 46.4 Å². The Morgan fingerprint density at radius 1 is 1.19 bits per heavy atom. The number of imidazole rings is 1. The maximum Gasteiger partial charge on any atom is 0.254 e. The van der Waals surface area contributed by atoms with Gasteiger partial charge in [0.2, 0.25) is 0 Å². The Kier molecular flexibility index (Phi) is 4.23. The van der Waals surface area contributed by atoms with Gasteiger partial charge in [-0.3, -0.25) is 4.79 Å². The third kappa shape index (κ3) is 2.83. The van der Waals surface area contributed by atoms with Crippen molar-refractivity contribution in [2.45, 2.75) is 44.7 Å². The number of ether oxygens (including phenoxy) is 1. The normalized spacial score (nSPS) is 26.2. The first-order chi connectivity index (χ1) is 17.4. The molecule has 6 nitrogen and oxygen atoms in total. The monoisotopic (exact) mass is 544 g/mol. The van der Waals surface area contributed by atoms with Crippen molar-refractivity contribution in [2.75, 3.05) is 13.7 Å². The minimum atomic E-state index is 0.123. The molecule has 1 saturated heterocycles. The molecule has 1 unspecified atom stereocenters. The summed E-state index contributed by atoms with van der Waals surface area (Å²) < 4.78 is 11.5. The second-order valence-electron chi connectivity index (χ2n) is 11.6. The minimum Gasteiger partial charge on any atom is -0.494 e.